The first kappa shape index (κ1) is 18.7. The van der Waals surface area contributed by atoms with Crippen LogP contribution in [0.5, 0.6) is 5.75 Å². The zero-order valence-electron chi connectivity index (χ0n) is 14.8. The zero-order chi connectivity index (χ0) is 20.1. The number of aryl methyl sites for hydroxylation is 1. The highest BCUT2D eigenvalue weighted by Crippen LogP contribution is 2.41. The molecule has 1 aliphatic rings. The first-order chi connectivity index (χ1) is 13.3. The van der Waals surface area contributed by atoms with Gasteiger partial charge in [-0.2, -0.15) is 13.2 Å². The van der Waals surface area contributed by atoms with Crippen LogP contribution in [0, 0.1) is 0 Å². The molecular weight excluding hydrogens is 395 g/mol. The summed E-state index contributed by atoms with van der Waals surface area (Å²) in [5.74, 6) is 0.383. The minimum absolute atomic E-state index is 0.0250. The van der Waals surface area contributed by atoms with E-state index in [0.29, 0.717) is 39.4 Å². The van der Waals surface area contributed by atoms with E-state index >= 15 is 0 Å². The number of benzene rings is 2. The van der Waals surface area contributed by atoms with Gasteiger partial charge in [0.25, 0.3) is 0 Å². The second-order valence-corrected chi connectivity index (χ2v) is 6.91. The summed E-state index contributed by atoms with van der Waals surface area (Å²) in [6.07, 6.45) is -3.83. The van der Waals surface area contributed by atoms with Crippen molar-refractivity contribution in [1.29, 1.82) is 0 Å². The Morgan fingerprint density at radius 2 is 2.00 bits per heavy atom. The molecule has 0 spiro atoms. The maximum absolute atomic E-state index is 13.0. The molecule has 4 rings (SSSR count). The number of rotatable bonds is 2. The molecule has 0 fully saturated rings. The third kappa shape index (κ3) is 3.20. The van der Waals surface area contributed by atoms with Crippen LogP contribution in [0.2, 0.25) is 5.02 Å². The van der Waals surface area contributed by atoms with Crippen LogP contribution in [-0.2, 0) is 19.1 Å². The molecule has 3 aromatic rings. The van der Waals surface area contributed by atoms with Gasteiger partial charge in [0.2, 0.25) is 0 Å². The van der Waals surface area contributed by atoms with E-state index < -0.39 is 17.4 Å². The fourth-order valence-electron chi connectivity index (χ4n) is 3.39. The SMILES string of the molecule is CCc1cc(=O)oc2c3c(c(Cl)cc12)OCN(c1cccc(C(F)(F)F)c1)C3. The van der Waals surface area contributed by atoms with E-state index in [1.165, 1.54) is 12.1 Å². The zero-order valence-corrected chi connectivity index (χ0v) is 15.5. The molecule has 0 amide bonds. The van der Waals surface area contributed by atoms with Gasteiger partial charge >= 0.3 is 11.8 Å². The van der Waals surface area contributed by atoms with E-state index in [1.807, 2.05) is 6.92 Å². The van der Waals surface area contributed by atoms with Crippen molar-refractivity contribution in [3.63, 3.8) is 0 Å². The average molecular weight is 410 g/mol. The third-order valence-electron chi connectivity index (χ3n) is 4.75. The number of nitrogens with zero attached hydrogens (tertiary/aromatic N) is 1. The molecule has 2 heterocycles. The van der Waals surface area contributed by atoms with Gasteiger partial charge in [-0.3, -0.25) is 0 Å². The van der Waals surface area contributed by atoms with Crippen molar-refractivity contribution >= 4 is 28.3 Å². The molecule has 0 saturated carbocycles. The van der Waals surface area contributed by atoms with Gasteiger partial charge in [-0.1, -0.05) is 24.6 Å². The quantitative estimate of drug-likeness (QED) is 0.533. The van der Waals surface area contributed by atoms with E-state index in [0.717, 1.165) is 17.7 Å². The summed E-state index contributed by atoms with van der Waals surface area (Å²) < 4.78 is 50.3. The standard InChI is InChI=1S/C20H15ClF3NO3/c1-2-11-6-17(26)28-18-14(11)8-16(21)19-15(18)9-25(10-27-19)13-5-3-4-12(7-13)20(22,23)24/h3-8H,2,9-10H2,1H3. The summed E-state index contributed by atoms with van der Waals surface area (Å²) in [6, 6.07) is 8.11. The van der Waals surface area contributed by atoms with Gasteiger partial charge in [0, 0.05) is 17.1 Å². The lowest BCUT2D eigenvalue weighted by molar-refractivity contribution is -0.137. The third-order valence-corrected chi connectivity index (χ3v) is 5.04. The minimum atomic E-state index is -4.44. The number of hydrogen-bond donors (Lipinski definition) is 0. The van der Waals surface area contributed by atoms with Crippen molar-refractivity contribution in [2.45, 2.75) is 26.1 Å². The van der Waals surface area contributed by atoms with Crippen LogP contribution in [0.1, 0.15) is 23.6 Å². The van der Waals surface area contributed by atoms with Crippen LogP contribution in [0.3, 0.4) is 0 Å². The van der Waals surface area contributed by atoms with Crippen molar-refractivity contribution < 1.29 is 22.3 Å². The van der Waals surface area contributed by atoms with Crippen LogP contribution in [0.15, 0.2) is 45.6 Å². The molecule has 1 aliphatic heterocycles. The number of hydrogen-bond acceptors (Lipinski definition) is 4. The lowest BCUT2D eigenvalue weighted by Gasteiger charge is -2.32. The molecular formula is C20H15ClF3NO3. The Kier molecular flexibility index (Phi) is 4.50. The second-order valence-electron chi connectivity index (χ2n) is 6.51. The highest BCUT2D eigenvalue weighted by molar-refractivity contribution is 6.33. The van der Waals surface area contributed by atoms with E-state index in [1.54, 1.807) is 17.0 Å². The van der Waals surface area contributed by atoms with Crippen LogP contribution >= 0.6 is 11.6 Å². The molecule has 0 atom stereocenters. The molecule has 0 N–H and O–H groups in total. The molecule has 146 valence electrons. The summed E-state index contributed by atoms with van der Waals surface area (Å²) in [5, 5.41) is 1.06. The topological polar surface area (TPSA) is 42.7 Å². The average Bonchev–Trinajstić information content (AvgIpc) is 2.67. The molecule has 4 nitrogen and oxygen atoms in total. The minimum Gasteiger partial charge on any atom is -0.471 e. The predicted octanol–water partition coefficient (Wildman–Crippen LogP) is 5.38. The molecule has 0 aliphatic carbocycles. The Hall–Kier alpha value is -2.67. The first-order valence-corrected chi connectivity index (χ1v) is 8.99. The highest BCUT2D eigenvalue weighted by atomic mass is 35.5. The second kappa shape index (κ2) is 6.74. The van der Waals surface area contributed by atoms with E-state index in [9.17, 15) is 18.0 Å². The van der Waals surface area contributed by atoms with Crippen molar-refractivity contribution in [2.24, 2.45) is 0 Å². The maximum Gasteiger partial charge on any atom is 0.416 e. The van der Waals surface area contributed by atoms with Crippen molar-refractivity contribution in [3.05, 3.63) is 68.5 Å². The number of ether oxygens (including phenoxy) is 1. The molecule has 0 radical (unpaired) electrons. The van der Waals surface area contributed by atoms with Crippen molar-refractivity contribution in [1.82, 2.24) is 0 Å². The lowest BCUT2D eigenvalue weighted by Crippen LogP contribution is -2.32. The van der Waals surface area contributed by atoms with Crippen LogP contribution in [-0.4, -0.2) is 6.73 Å². The van der Waals surface area contributed by atoms with Gasteiger partial charge < -0.3 is 14.1 Å². The van der Waals surface area contributed by atoms with Gasteiger partial charge in [0.15, 0.2) is 6.73 Å². The Labute approximate surface area is 163 Å². The summed E-state index contributed by atoms with van der Waals surface area (Å²) in [6.45, 7) is 2.13. The summed E-state index contributed by atoms with van der Waals surface area (Å²) in [4.78, 5) is 13.6. The summed E-state index contributed by atoms with van der Waals surface area (Å²) >= 11 is 6.36. The number of anilines is 1. The van der Waals surface area contributed by atoms with Gasteiger partial charge in [-0.25, -0.2) is 4.79 Å². The fraction of sp³-hybridized carbons (Fsp3) is 0.250. The largest absolute Gasteiger partial charge is 0.471 e. The van der Waals surface area contributed by atoms with E-state index in [2.05, 4.69) is 0 Å². The smallest absolute Gasteiger partial charge is 0.416 e. The predicted molar refractivity (Wildman–Crippen MR) is 100.0 cm³/mol. The highest BCUT2D eigenvalue weighted by Gasteiger charge is 2.32. The lowest BCUT2D eigenvalue weighted by atomic mass is 10.0. The fourth-order valence-corrected chi connectivity index (χ4v) is 3.67. The van der Waals surface area contributed by atoms with Gasteiger partial charge in [0.1, 0.15) is 11.3 Å². The molecule has 2 aromatic carbocycles. The van der Waals surface area contributed by atoms with Gasteiger partial charge in [-0.05, 0) is 36.2 Å². The normalized spacial score (nSPS) is 14.1. The molecule has 0 unspecified atom stereocenters. The summed E-state index contributed by atoms with van der Waals surface area (Å²) in [7, 11) is 0. The monoisotopic (exact) mass is 409 g/mol. The van der Waals surface area contributed by atoms with Crippen LogP contribution in [0.25, 0.3) is 11.0 Å². The molecule has 8 heteroatoms. The molecule has 0 bridgehead atoms. The van der Waals surface area contributed by atoms with E-state index in [-0.39, 0.29) is 13.3 Å². The Morgan fingerprint density at radius 3 is 2.71 bits per heavy atom. The molecule has 0 saturated heterocycles. The molecule has 28 heavy (non-hydrogen) atoms. The van der Waals surface area contributed by atoms with Crippen molar-refractivity contribution in [2.75, 3.05) is 11.6 Å². The van der Waals surface area contributed by atoms with Crippen LogP contribution < -0.4 is 15.3 Å². The number of alkyl halides is 3. The Morgan fingerprint density at radius 1 is 1.21 bits per heavy atom. The molecule has 1 aromatic heterocycles. The summed E-state index contributed by atoms with van der Waals surface area (Å²) in [5.41, 5.74) is 0.783. The van der Waals surface area contributed by atoms with Crippen molar-refractivity contribution in [3.8, 4) is 5.75 Å². The Bertz CT molecular complexity index is 1120. The van der Waals surface area contributed by atoms with Gasteiger partial charge in [-0.15, -0.1) is 0 Å². The Balaban J connectivity index is 1.83. The van der Waals surface area contributed by atoms with Crippen LogP contribution in [0.4, 0.5) is 18.9 Å². The maximum atomic E-state index is 13.0. The number of halogens is 4. The number of fused-ring (bicyclic) bond motifs is 3. The van der Waals surface area contributed by atoms with Gasteiger partial charge in [0.05, 0.1) is 22.7 Å². The first-order valence-electron chi connectivity index (χ1n) is 8.61. The van der Waals surface area contributed by atoms with E-state index in [4.69, 9.17) is 20.8 Å².